The molecule has 1 rings (SSSR count). The Hall–Kier alpha value is -1.02. The monoisotopic (exact) mass is 235 g/mol. The van der Waals surface area contributed by atoms with Crippen LogP contribution in [-0.4, -0.2) is 12.6 Å². The van der Waals surface area contributed by atoms with Crippen molar-refractivity contribution >= 4 is 0 Å². The van der Waals surface area contributed by atoms with E-state index in [9.17, 15) is 0 Å². The second-order valence-corrected chi connectivity index (χ2v) is 4.50. The molecule has 0 aliphatic carbocycles. The van der Waals surface area contributed by atoms with Crippen LogP contribution in [0, 0.1) is 0 Å². The van der Waals surface area contributed by atoms with Gasteiger partial charge >= 0.3 is 0 Å². The van der Waals surface area contributed by atoms with Crippen LogP contribution in [0.2, 0.25) is 0 Å². The molecule has 17 heavy (non-hydrogen) atoms. The molecule has 0 aromatic heterocycles. The van der Waals surface area contributed by atoms with Crippen molar-refractivity contribution in [2.24, 2.45) is 0 Å². The summed E-state index contributed by atoms with van der Waals surface area (Å²) < 4.78 is 5.80. The Balaban J connectivity index is 2.51. The van der Waals surface area contributed by atoms with Crippen LogP contribution < -0.4 is 10.1 Å². The molecule has 1 aromatic carbocycles. The van der Waals surface area contributed by atoms with Crippen molar-refractivity contribution in [3.63, 3.8) is 0 Å². The normalized spacial score (nSPS) is 12.4. The van der Waals surface area contributed by atoms with E-state index in [1.54, 1.807) is 0 Å². The average molecular weight is 235 g/mol. The number of para-hydroxylation sites is 1. The lowest BCUT2D eigenvalue weighted by molar-refractivity contribution is 0.305. The van der Waals surface area contributed by atoms with Gasteiger partial charge in [-0.2, -0.15) is 0 Å². The van der Waals surface area contributed by atoms with Crippen molar-refractivity contribution in [1.82, 2.24) is 5.32 Å². The maximum atomic E-state index is 5.80. The Labute approximate surface area is 105 Å². The quantitative estimate of drug-likeness (QED) is 0.693. The molecule has 1 unspecified atom stereocenters. The Morgan fingerprint density at radius 2 is 2.00 bits per heavy atom. The van der Waals surface area contributed by atoms with Crippen molar-refractivity contribution in [2.75, 3.05) is 6.61 Å². The summed E-state index contributed by atoms with van der Waals surface area (Å²) in [4.78, 5) is 0. The number of benzene rings is 1. The number of unbranched alkanes of at least 4 members (excludes halogenated alkanes) is 1. The van der Waals surface area contributed by atoms with Gasteiger partial charge in [0.25, 0.3) is 0 Å². The number of ether oxygens (including phenoxy) is 1. The predicted molar refractivity (Wildman–Crippen MR) is 73.4 cm³/mol. The molecule has 0 amide bonds. The third kappa shape index (κ3) is 5.22. The zero-order chi connectivity index (χ0) is 12.5. The molecule has 0 saturated carbocycles. The second kappa shape index (κ2) is 8.13. The van der Waals surface area contributed by atoms with Gasteiger partial charge in [-0.3, -0.25) is 0 Å². The van der Waals surface area contributed by atoms with E-state index in [-0.39, 0.29) is 0 Å². The Morgan fingerprint density at radius 1 is 1.24 bits per heavy atom. The summed E-state index contributed by atoms with van der Waals surface area (Å²) in [5, 5.41) is 3.50. The number of nitrogens with one attached hydrogen (secondary N) is 1. The van der Waals surface area contributed by atoms with Gasteiger partial charge in [0.1, 0.15) is 5.75 Å². The van der Waals surface area contributed by atoms with Crippen molar-refractivity contribution in [3.8, 4) is 5.75 Å². The van der Waals surface area contributed by atoms with E-state index in [1.807, 2.05) is 6.07 Å². The summed E-state index contributed by atoms with van der Waals surface area (Å²) in [7, 11) is 0. The van der Waals surface area contributed by atoms with Crippen molar-refractivity contribution in [2.45, 2.75) is 52.6 Å². The standard InChI is InChI=1S/C15H25NO/c1-4-6-11-17-15-10-8-7-9-14(15)12-16-13(3)5-2/h7-10,13,16H,4-6,11-12H2,1-3H3. The van der Waals surface area contributed by atoms with Crippen LogP contribution >= 0.6 is 0 Å². The average Bonchev–Trinajstić information content (AvgIpc) is 2.37. The molecule has 0 radical (unpaired) electrons. The Morgan fingerprint density at radius 3 is 2.71 bits per heavy atom. The minimum Gasteiger partial charge on any atom is -0.493 e. The van der Waals surface area contributed by atoms with Gasteiger partial charge in [-0.15, -0.1) is 0 Å². The molecule has 0 spiro atoms. The predicted octanol–water partition coefficient (Wildman–Crippen LogP) is 3.75. The lowest BCUT2D eigenvalue weighted by atomic mass is 10.2. The molecule has 1 N–H and O–H groups in total. The van der Waals surface area contributed by atoms with E-state index in [0.717, 1.165) is 31.7 Å². The molecule has 0 heterocycles. The molecular weight excluding hydrogens is 210 g/mol. The minimum atomic E-state index is 0.554. The van der Waals surface area contributed by atoms with E-state index in [4.69, 9.17) is 4.74 Å². The van der Waals surface area contributed by atoms with E-state index < -0.39 is 0 Å². The van der Waals surface area contributed by atoms with Crippen LogP contribution in [0.4, 0.5) is 0 Å². The van der Waals surface area contributed by atoms with E-state index in [0.29, 0.717) is 6.04 Å². The first kappa shape index (κ1) is 14.0. The number of rotatable bonds is 8. The van der Waals surface area contributed by atoms with Crippen LogP contribution in [0.25, 0.3) is 0 Å². The van der Waals surface area contributed by atoms with Crippen LogP contribution in [0.15, 0.2) is 24.3 Å². The summed E-state index contributed by atoms with van der Waals surface area (Å²) in [6.45, 7) is 8.29. The zero-order valence-electron chi connectivity index (χ0n) is 11.3. The molecule has 96 valence electrons. The molecule has 0 saturated heterocycles. The first-order valence-corrected chi connectivity index (χ1v) is 6.72. The third-order valence-corrected chi connectivity index (χ3v) is 2.98. The third-order valence-electron chi connectivity index (χ3n) is 2.98. The van der Waals surface area contributed by atoms with Crippen molar-refractivity contribution in [3.05, 3.63) is 29.8 Å². The first-order valence-electron chi connectivity index (χ1n) is 6.72. The SMILES string of the molecule is CCCCOc1ccccc1CNC(C)CC. The molecule has 2 heteroatoms. The number of hydrogen-bond acceptors (Lipinski definition) is 2. The fourth-order valence-electron chi connectivity index (χ4n) is 1.55. The Kier molecular flexibility index (Phi) is 6.71. The highest BCUT2D eigenvalue weighted by Crippen LogP contribution is 2.18. The van der Waals surface area contributed by atoms with Crippen molar-refractivity contribution in [1.29, 1.82) is 0 Å². The molecule has 0 fully saturated rings. The maximum absolute atomic E-state index is 5.80. The lowest BCUT2D eigenvalue weighted by Gasteiger charge is -2.14. The summed E-state index contributed by atoms with van der Waals surface area (Å²) in [5.74, 6) is 1.02. The van der Waals surface area contributed by atoms with Gasteiger partial charge in [-0.05, 0) is 25.8 Å². The highest BCUT2D eigenvalue weighted by molar-refractivity contribution is 5.33. The highest BCUT2D eigenvalue weighted by Gasteiger charge is 2.04. The van der Waals surface area contributed by atoms with E-state index >= 15 is 0 Å². The zero-order valence-corrected chi connectivity index (χ0v) is 11.3. The van der Waals surface area contributed by atoms with Gasteiger partial charge < -0.3 is 10.1 Å². The van der Waals surface area contributed by atoms with Crippen molar-refractivity contribution < 1.29 is 4.74 Å². The molecular formula is C15H25NO. The summed E-state index contributed by atoms with van der Waals surface area (Å²) in [6.07, 6.45) is 3.44. The molecule has 0 aliphatic rings. The molecule has 0 bridgehead atoms. The lowest BCUT2D eigenvalue weighted by Crippen LogP contribution is -2.24. The molecule has 0 aliphatic heterocycles. The largest absolute Gasteiger partial charge is 0.493 e. The van der Waals surface area contributed by atoms with Gasteiger partial charge in [0.2, 0.25) is 0 Å². The van der Waals surface area contributed by atoms with Gasteiger partial charge in [0, 0.05) is 18.2 Å². The van der Waals surface area contributed by atoms with Gasteiger partial charge in [-0.25, -0.2) is 0 Å². The minimum absolute atomic E-state index is 0.554. The number of hydrogen-bond donors (Lipinski definition) is 1. The Bertz CT molecular complexity index is 312. The van der Waals surface area contributed by atoms with E-state index in [2.05, 4.69) is 44.3 Å². The smallest absolute Gasteiger partial charge is 0.123 e. The van der Waals surface area contributed by atoms with Crippen LogP contribution in [0.3, 0.4) is 0 Å². The van der Waals surface area contributed by atoms with Gasteiger partial charge in [0.05, 0.1) is 6.61 Å². The van der Waals surface area contributed by atoms with Crippen LogP contribution in [0.1, 0.15) is 45.6 Å². The second-order valence-electron chi connectivity index (χ2n) is 4.50. The maximum Gasteiger partial charge on any atom is 0.123 e. The first-order chi connectivity index (χ1) is 8.27. The molecule has 1 atom stereocenters. The van der Waals surface area contributed by atoms with Crippen LogP contribution in [-0.2, 0) is 6.54 Å². The fourth-order valence-corrected chi connectivity index (χ4v) is 1.55. The summed E-state index contributed by atoms with van der Waals surface area (Å²) in [6, 6.07) is 8.85. The van der Waals surface area contributed by atoms with Gasteiger partial charge in [-0.1, -0.05) is 38.5 Å². The topological polar surface area (TPSA) is 21.3 Å². The van der Waals surface area contributed by atoms with Gasteiger partial charge in [0.15, 0.2) is 0 Å². The van der Waals surface area contributed by atoms with Crippen LogP contribution in [0.5, 0.6) is 5.75 Å². The fraction of sp³-hybridized carbons (Fsp3) is 0.600. The summed E-state index contributed by atoms with van der Waals surface area (Å²) >= 11 is 0. The molecule has 1 aromatic rings. The van der Waals surface area contributed by atoms with E-state index in [1.165, 1.54) is 12.0 Å². The summed E-state index contributed by atoms with van der Waals surface area (Å²) in [5.41, 5.74) is 1.25. The molecule has 2 nitrogen and oxygen atoms in total. The highest BCUT2D eigenvalue weighted by atomic mass is 16.5.